The van der Waals surface area contributed by atoms with E-state index in [0.717, 1.165) is 16.9 Å². The van der Waals surface area contributed by atoms with Crippen molar-refractivity contribution >= 4 is 0 Å². The van der Waals surface area contributed by atoms with Crippen LogP contribution < -0.4 is 10.9 Å². The molecule has 0 spiro atoms. The fraction of sp³-hybridized carbons (Fsp3) is 0.143. The van der Waals surface area contributed by atoms with E-state index in [1.54, 1.807) is 24.3 Å². The van der Waals surface area contributed by atoms with Gasteiger partial charge in [0.1, 0.15) is 12.4 Å². The molecule has 20 heavy (non-hydrogen) atoms. The van der Waals surface area contributed by atoms with E-state index >= 15 is 0 Å². The summed E-state index contributed by atoms with van der Waals surface area (Å²) in [6.45, 7) is 0.509. The molecule has 6 nitrogen and oxygen atoms in total. The van der Waals surface area contributed by atoms with Crippen LogP contribution in [-0.4, -0.2) is 10.1 Å². The third kappa shape index (κ3) is 4.58. The molecule has 0 radical (unpaired) electrons. The van der Waals surface area contributed by atoms with E-state index in [-0.39, 0.29) is 17.6 Å². The molecular weight excluding hydrogens is 258 g/mol. The van der Waals surface area contributed by atoms with E-state index in [2.05, 4.69) is 5.28 Å². The van der Waals surface area contributed by atoms with Gasteiger partial charge in [0.25, 0.3) is 0 Å². The van der Waals surface area contributed by atoms with Crippen molar-refractivity contribution in [2.45, 2.75) is 13.2 Å². The highest BCUT2D eigenvalue weighted by Gasteiger charge is 2.01. The van der Waals surface area contributed by atoms with Crippen LogP contribution in [0.5, 0.6) is 5.75 Å². The summed E-state index contributed by atoms with van der Waals surface area (Å²) >= 11 is 0. The summed E-state index contributed by atoms with van der Waals surface area (Å²) in [5.74, 6) is 0.728. The molecule has 0 aliphatic rings. The van der Waals surface area contributed by atoms with Crippen LogP contribution in [0.4, 0.5) is 0 Å². The van der Waals surface area contributed by atoms with E-state index < -0.39 is 0 Å². The number of hydrogen-bond acceptors (Lipinski definition) is 4. The maximum Gasteiger partial charge on any atom is 0.209 e. The van der Waals surface area contributed by atoms with E-state index in [9.17, 15) is 5.21 Å². The van der Waals surface area contributed by atoms with Crippen molar-refractivity contribution in [2.75, 3.05) is 0 Å². The first-order valence-corrected chi connectivity index (χ1v) is 5.83. The third-order valence-electron chi connectivity index (χ3n) is 2.59. The lowest BCUT2D eigenvalue weighted by molar-refractivity contribution is -0.570. The Morgan fingerprint density at radius 2 is 1.65 bits per heavy atom. The highest BCUT2D eigenvalue weighted by Crippen LogP contribution is 2.14. The smallest absolute Gasteiger partial charge is 0.209 e. The summed E-state index contributed by atoms with van der Waals surface area (Å²) in [7, 11) is 0. The predicted octanol–water partition coefficient (Wildman–Crippen LogP) is 3.28. The highest BCUT2D eigenvalue weighted by atomic mass is 16.6. The molecule has 2 aromatic rings. The molecule has 0 fully saturated rings. The summed E-state index contributed by atoms with van der Waals surface area (Å²) in [5.41, 5.74) is 1.84. The minimum absolute atomic E-state index is 0. The van der Waals surface area contributed by atoms with Gasteiger partial charge in [-0.05, 0) is 29.8 Å². The summed E-state index contributed by atoms with van der Waals surface area (Å²) in [4.78, 5) is 0.208. The average Bonchev–Trinajstić information content (AvgIpc) is 2.47. The number of benzene rings is 2. The largest absolute Gasteiger partial charge is 0.597 e. The van der Waals surface area contributed by atoms with Crippen molar-refractivity contribution in [1.29, 1.82) is 0 Å². The van der Waals surface area contributed by atoms with Gasteiger partial charge >= 0.3 is 0 Å². The zero-order valence-corrected chi connectivity index (χ0v) is 11.0. The van der Waals surface area contributed by atoms with Gasteiger partial charge < -0.3 is 21.3 Å². The van der Waals surface area contributed by atoms with Crippen LogP contribution in [-0.2, 0) is 13.2 Å². The lowest BCUT2D eigenvalue weighted by Gasteiger charge is -2.06. The zero-order valence-electron chi connectivity index (χ0n) is 11.0. The second kappa shape index (κ2) is 7.75. The normalized spacial score (nSPS) is 10.7. The predicted molar refractivity (Wildman–Crippen MR) is 73.8 cm³/mol. The average molecular weight is 275 g/mol. The third-order valence-corrected chi connectivity index (χ3v) is 2.59. The fourth-order valence-corrected chi connectivity index (χ4v) is 1.62. The molecule has 0 amide bonds. The monoisotopic (exact) mass is 275 g/mol. The number of hydroxylamine groups is 1. The molecule has 2 rings (SSSR count). The van der Waals surface area contributed by atoms with Crippen molar-refractivity contribution in [3.05, 3.63) is 70.9 Å². The van der Waals surface area contributed by atoms with E-state index in [4.69, 9.17) is 9.94 Å². The van der Waals surface area contributed by atoms with Gasteiger partial charge in [-0.15, -0.1) is 0 Å². The Balaban J connectivity index is 0.00000200. The van der Waals surface area contributed by atoms with Gasteiger partial charge in [-0.3, -0.25) is 0 Å². The van der Waals surface area contributed by atoms with Gasteiger partial charge in [-0.25, -0.2) is 0 Å². The molecule has 2 aromatic carbocycles. The molecule has 0 saturated carbocycles. The first-order chi connectivity index (χ1) is 9.28. The summed E-state index contributed by atoms with van der Waals surface area (Å²) < 4.78 is 5.61. The van der Waals surface area contributed by atoms with Crippen LogP contribution in [0.1, 0.15) is 11.1 Å². The Morgan fingerprint density at radius 3 is 2.25 bits per heavy atom. The molecular formula is C14H17N3O3. The molecule has 0 heterocycles. The Kier molecular flexibility index (Phi) is 5.99. The van der Waals surface area contributed by atoms with Crippen LogP contribution in [0, 0.1) is 5.21 Å². The van der Waals surface area contributed by atoms with Crippen LogP contribution in [0.25, 0.3) is 0 Å². The number of rotatable bonds is 5. The van der Waals surface area contributed by atoms with Gasteiger partial charge in [0.15, 0.2) is 5.28 Å². The van der Waals surface area contributed by atoms with Gasteiger partial charge in [0.2, 0.25) is 6.54 Å². The van der Waals surface area contributed by atoms with Gasteiger partial charge in [-0.2, -0.15) is 0 Å². The number of ether oxygens (including phenoxy) is 1. The van der Waals surface area contributed by atoms with Crippen molar-refractivity contribution in [2.24, 2.45) is 5.28 Å². The molecule has 0 aliphatic heterocycles. The molecule has 106 valence electrons. The second-order valence-corrected chi connectivity index (χ2v) is 4.02. The lowest BCUT2D eigenvalue weighted by Crippen LogP contribution is -2.00. The Hall–Kier alpha value is -2.60. The molecule has 0 bridgehead atoms. The van der Waals surface area contributed by atoms with Crippen LogP contribution in [0.2, 0.25) is 0 Å². The molecule has 0 atom stereocenters. The summed E-state index contributed by atoms with van der Waals surface area (Å²) in [6, 6.07) is 16.9. The van der Waals surface area contributed by atoms with Crippen molar-refractivity contribution in [3.63, 3.8) is 0 Å². The van der Waals surface area contributed by atoms with Gasteiger partial charge in [-0.1, -0.05) is 35.2 Å². The lowest BCUT2D eigenvalue weighted by atomic mass is 10.2. The van der Waals surface area contributed by atoms with Crippen molar-refractivity contribution < 1.29 is 14.8 Å². The SMILES string of the molecule is N.[O-][N+](Cc1ccc(OCc2ccccc2)cc1)=NO. The van der Waals surface area contributed by atoms with Crippen molar-refractivity contribution in [3.8, 4) is 5.75 Å². The molecule has 0 aromatic heterocycles. The topological polar surface area (TPSA) is 103 Å². The first-order valence-electron chi connectivity index (χ1n) is 5.83. The quantitative estimate of drug-likeness (QED) is 0.496. The Bertz CT molecular complexity index is 541. The summed E-state index contributed by atoms with van der Waals surface area (Å²) in [5, 5.41) is 21.6. The molecule has 0 saturated heterocycles. The zero-order chi connectivity index (χ0) is 13.5. The molecule has 0 unspecified atom stereocenters. The molecule has 6 heteroatoms. The molecule has 0 aliphatic carbocycles. The van der Waals surface area contributed by atoms with Gasteiger partial charge in [0, 0.05) is 5.56 Å². The van der Waals surface area contributed by atoms with E-state index in [1.165, 1.54) is 0 Å². The van der Waals surface area contributed by atoms with Gasteiger partial charge in [0.05, 0.1) is 0 Å². The minimum Gasteiger partial charge on any atom is -0.597 e. The maximum absolute atomic E-state index is 10.8. The van der Waals surface area contributed by atoms with E-state index in [0.29, 0.717) is 6.61 Å². The molecule has 4 N–H and O–H groups in total. The van der Waals surface area contributed by atoms with Crippen LogP contribution >= 0.6 is 0 Å². The number of hydrogen-bond donors (Lipinski definition) is 2. The fourth-order valence-electron chi connectivity index (χ4n) is 1.62. The first kappa shape index (κ1) is 15.5. The minimum atomic E-state index is 0. The highest BCUT2D eigenvalue weighted by molar-refractivity contribution is 5.27. The summed E-state index contributed by atoms with van der Waals surface area (Å²) in [6.07, 6.45) is 0. The second-order valence-electron chi connectivity index (χ2n) is 4.02. The number of nitrogens with zero attached hydrogens (tertiary/aromatic N) is 2. The Labute approximate surface area is 117 Å². The van der Waals surface area contributed by atoms with Crippen molar-refractivity contribution in [1.82, 2.24) is 6.15 Å². The maximum atomic E-state index is 10.8. The van der Waals surface area contributed by atoms with E-state index in [1.807, 2.05) is 30.3 Å². The van der Waals surface area contributed by atoms with Crippen LogP contribution in [0.15, 0.2) is 59.9 Å². The standard InChI is InChI=1S/C14H14N2O3.H3N/c17-15-16(18)10-12-6-8-14(9-7-12)19-11-13-4-2-1-3-5-13;/h1-9,17H,10-11H2;1H3. The van der Waals surface area contributed by atoms with Crippen LogP contribution in [0.3, 0.4) is 0 Å². The Morgan fingerprint density at radius 1 is 1.00 bits per heavy atom.